The Morgan fingerprint density at radius 2 is 2.22 bits per heavy atom. The van der Waals surface area contributed by atoms with Gasteiger partial charge in [-0.3, -0.25) is 4.79 Å². The molecule has 3 rings (SSSR count). The zero-order valence-electron chi connectivity index (χ0n) is 13.3. The summed E-state index contributed by atoms with van der Waals surface area (Å²) in [7, 11) is 0. The fourth-order valence-corrected chi connectivity index (χ4v) is 3.82. The number of nitrogens with zero attached hydrogens (tertiary/aromatic N) is 1. The summed E-state index contributed by atoms with van der Waals surface area (Å²) in [6.07, 6.45) is 3.60. The second kappa shape index (κ2) is 7.23. The molecule has 2 N–H and O–H groups in total. The first-order valence-electron chi connectivity index (χ1n) is 8.11. The quantitative estimate of drug-likeness (QED) is 0.905. The summed E-state index contributed by atoms with van der Waals surface area (Å²) in [4.78, 5) is 16.7. The number of carbonyl (C=O) groups is 1. The Morgan fingerprint density at radius 3 is 3.00 bits per heavy atom. The molecule has 0 spiro atoms. The molecular formula is C18H22N2O2S. The van der Waals surface area contributed by atoms with Gasteiger partial charge in [0.2, 0.25) is 5.91 Å². The van der Waals surface area contributed by atoms with Gasteiger partial charge in [-0.1, -0.05) is 36.6 Å². The van der Waals surface area contributed by atoms with Crippen molar-refractivity contribution in [3.05, 3.63) is 40.9 Å². The van der Waals surface area contributed by atoms with E-state index in [0.29, 0.717) is 0 Å². The van der Waals surface area contributed by atoms with E-state index < -0.39 is 6.10 Å². The topological polar surface area (TPSA) is 62.2 Å². The molecule has 1 amide bonds. The van der Waals surface area contributed by atoms with Gasteiger partial charge < -0.3 is 10.4 Å². The first-order valence-corrected chi connectivity index (χ1v) is 8.98. The first-order chi connectivity index (χ1) is 11.1. The van der Waals surface area contributed by atoms with Gasteiger partial charge in [-0.2, -0.15) is 0 Å². The lowest BCUT2D eigenvalue weighted by Gasteiger charge is -2.28. The molecule has 2 atom stereocenters. The number of benzene rings is 1. The van der Waals surface area contributed by atoms with Gasteiger partial charge in [0.1, 0.15) is 5.01 Å². The monoisotopic (exact) mass is 330 g/mol. The van der Waals surface area contributed by atoms with E-state index in [1.54, 1.807) is 11.3 Å². The van der Waals surface area contributed by atoms with Crippen LogP contribution in [0.1, 0.15) is 36.9 Å². The molecule has 1 heterocycles. The maximum Gasteiger partial charge on any atom is 0.226 e. The molecule has 122 valence electrons. The molecule has 1 aromatic heterocycles. The number of thiazole rings is 1. The normalized spacial score (nSPS) is 21.1. The first kappa shape index (κ1) is 16.1. The van der Waals surface area contributed by atoms with E-state index >= 15 is 0 Å². The minimum Gasteiger partial charge on any atom is -0.391 e. The number of nitrogens with one attached hydrogen (secondary N) is 1. The zero-order valence-corrected chi connectivity index (χ0v) is 14.1. The van der Waals surface area contributed by atoms with Crippen LogP contribution >= 0.6 is 11.3 Å². The van der Waals surface area contributed by atoms with Gasteiger partial charge in [-0.25, -0.2) is 4.98 Å². The maximum absolute atomic E-state index is 12.2. The highest BCUT2D eigenvalue weighted by Gasteiger charge is 2.24. The summed E-state index contributed by atoms with van der Waals surface area (Å²) in [5.74, 6) is -0.0583. The van der Waals surface area contributed by atoms with Gasteiger partial charge in [0, 0.05) is 10.9 Å². The summed E-state index contributed by atoms with van der Waals surface area (Å²) >= 11 is 1.56. The van der Waals surface area contributed by atoms with Gasteiger partial charge in [0.05, 0.1) is 24.3 Å². The van der Waals surface area contributed by atoms with Gasteiger partial charge in [0.25, 0.3) is 0 Å². The average molecular weight is 330 g/mol. The molecule has 5 heteroatoms. The Kier molecular flexibility index (Phi) is 5.08. The van der Waals surface area contributed by atoms with Crippen LogP contribution in [0.25, 0.3) is 10.6 Å². The lowest BCUT2D eigenvalue weighted by Crippen LogP contribution is -2.45. The van der Waals surface area contributed by atoms with Crippen LogP contribution in [0.5, 0.6) is 0 Å². The Labute approximate surface area is 140 Å². The van der Waals surface area contributed by atoms with E-state index in [1.807, 2.05) is 17.5 Å². The molecule has 1 saturated carbocycles. The van der Waals surface area contributed by atoms with E-state index in [9.17, 15) is 9.90 Å². The van der Waals surface area contributed by atoms with Crippen LogP contribution in [0.15, 0.2) is 29.6 Å². The standard InChI is InChI=1S/C18H22N2O2S/c1-12-5-4-6-13(9-12)18-19-14(11-23-18)10-17(22)20-15-7-2-3-8-16(15)21/h4-6,9,11,15-16,21H,2-3,7-8,10H2,1H3,(H,20,22). The number of aliphatic hydroxyl groups is 1. The molecule has 1 aliphatic rings. The molecule has 0 aliphatic heterocycles. The van der Waals surface area contributed by atoms with Crippen molar-refractivity contribution in [3.63, 3.8) is 0 Å². The molecule has 2 unspecified atom stereocenters. The number of carbonyl (C=O) groups excluding carboxylic acids is 1. The third-order valence-electron chi connectivity index (χ3n) is 4.23. The van der Waals surface area contributed by atoms with Crippen molar-refractivity contribution in [2.45, 2.75) is 51.2 Å². The smallest absolute Gasteiger partial charge is 0.226 e. The van der Waals surface area contributed by atoms with Gasteiger partial charge >= 0.3 is 0 Å². The molecule has 0 bridgehead atoms. The summed E-state index contributed by atoms with van der Waals surface area (Å²) in [5.41, 5.74) is 3.07. The number of amides is 1. The number of aryl methyl sites for hydroxylation is 1. The Bertz CT molecular complexity index is 683. The fraction of sp³-hybridized carbons (Fsp3) is 0.444. The molecule has 23 heavy (non-hydrogen) atoms. The molecule has 1 aliphatic carbocycles. The number of hydrogen-bond donors (Lipinski definition) is 2. The average Bonchev–Trinajstić information content (AvgIpc) is 2.98. The van der Waals surface area contributed by atoms with Gasteiger partial charge in [-0.05, 0) is 25.8 Å². The second-order valence-electron chi connectivity index (χ2n) is 6.22. The summed E-state index contributed by atoms with van der Waals surface area (Å²) in [6.45, 7) is 2.06. The second-order valence-corrected chi connectivity index (χ2v) is 7.07. The Morgan fingerprint density at radius 1 is 1.39 bits per heavy atom. The Balaban J connectivity index is 1.61. The van der Waals surface area contributed by atoms with Crippen LogP contribution in [-0.2, 0) is 11.2 Å². The van der Waals surface area contributed by atoms with E-state index in [2.05, 4.69) is 29.4 Å². The number of aliphatic hydroxyl groups excluding tert-OH is 1. The minimum absolute atomic E-state index is 0.0583. The van der Waals surface area contributed by atoms with Crippen molar-refractivity contribution in [3.8, 4) is 10.6 Å². The summed E-state index contributed by atoms with van der Waals surface area (Å²) in [5, 5.41) is 15.8. The minimum atomic E-state index is -0.411. The van der Waals surface area contributed by atoms with Gasteiger partial charge in [0.15, 0.2) is 0 Å². The number of rotatable bonds is 4. The van der Waals surface area contributed by atoms with Crippen LogP contribution < -0.4 is 5.32 Å². The lowest BCUT2D eigenvalue weighted by atomic mass is 9.92. The molecule has 0 saturated heterocycles. The highest BCUT2D eigenvalue weighted by Crippen LogP contribution is 2.25. The third-order valence-corrected chi connectivity index (χ3v) is 5.17. The zero-order chi connectivity index (χ0) is 16.2. The van der Waals surface area contributed by atoms with Crippen molar-refractivity contribution in [2.24, 2.45) is 0 Å². The van der Waals surface area contributed by atoms with Crippen LogP contribution in [-0.4, -0.2) is 28.1 Å². The fourth-order valence-electron chi connectivity index (χ4n) is 3.00. The molecule has 1 fully saturated rings. The molecule has 1 aromatic carbocycles. The van der Waals surface area contributed by atoms with E-state index in [4.69, 9.17) is 0 Å². The SMILES string of the molecule is Cc1cccc(-c2nc(CC(=O)NC3CCCCC3O)cs2)c1. The highest BCUT2D eigenvalue weighted by molar-refractivity contribution is 7.13. The lowest BCUT2D eigenvalue weighted by molar-refractivity contribution is -0.122. The van der Waals surface area contributed by atoms with Crippen molar-refractivity contribution in [1.82, 2.24) is 10.3 Å². The van der Waals surface area contributed by atoms with Crippen LogP contribution in [0.2, 0.25) is 0 Å². The van der Waals surface area contributed by atoms with Crippen molar-refractivity contribution in [1.29, 1.82) is 0 Å². The summed E-state index contributed by atoms with van der Waals surface area (Å²) < 4.78 is 0. The van der Waals surface area contributed by atoms with Crippen LogP contribution in [0, 0.1) is 6.92 Å². The van der Waals surface area contributed by atoms with Crippen molar-refractivity contribution >= 4 is 17.2 Å². The predicted molar refractivity (Wildman–Crippen MR) is 92.4 cm³/mol. The van der Waals surface area contributed by atoms with Crippen molar-refractivity contribution in [2.75, 3.05) is 0 Å². The van der Waals surface area contributed by atoms with Crippen molar-refractivity contribution < 1.29 is 9.90 Å². The van der Waals surface area contributed by atoms with Gasteiger partial charge in [-0.15, -0.1) is 11.3 Å². The van der Waals surface area contributed by atoms with E-state index in [1.165, 1.54) is 5.56 Å². The molecule has 4 nitrogen and oxygen atoms in total. The molecule has 0 radical (unpaired) electrons. The Hall–Kier alpha value is -1.72. The number of aromatic nitrogens is 1. The number of hydrogen-bond acceptors (Lipinski definition) is 4. The van der Waals surface area contributed by atoms with Crippen LogP contribution in [0.3, 0.4) is 0 Å². The predicted octanol–water partition coefficient (Wildman–Crippen LogP) is 3.08. The van der Waals surface area contributed by atoms with E-state index in [-0.39, 0.29) is 18.4 Å². The molecule has 2 aromatic rings. The molecular weight excluding hydrogens is 308 g/mol. The largest absolute Gasteiger partial charge is 0.391 e. The van der Waals surface area contributed by atoms with E-state index in [0.717, 1.165) is 41.9 Å². The third kappa shape index (κ3) is 4.18. The maximum atomic E-state index is 12.2. The van der Waals surface area contributed by atoms with Crippen LogP contribution in [0.4, 0.5) is 0 Å². The summed E-state index contributed by atoms with van der Waals surface area (Å²) in [6, 6.07) is 8.10. The highest BCUT2D eigenvalue weighted by atomic mass is 32.1.